The van der Waals surface area contributed by atoms with Gasteiger partial charge in [0.05, 0.1) is 6.61 Å². The van der Waals surface area contributed by atoms with Crippen LogP contribution in [-0.2, 0) is 4.74 Å². The molecule has 1 atom stereocenters. The summed E-state index contributed by atoms with van der Waals surface area (Å²) in [5.41, 5.74) is 0.325. The summed E-state index contributed by atoms with van der Waals surface area (Å²) in [6.07, 6.45) is 0. The van der Waals surface area contributed by atoms with Gasteiger partial charge in [0.25, 0.3) is 0 Å². The second kappa shape index (κ2) is 6.99. The molecule has 0 spiro atoms. The highest BCUT2D eigenvalue weighted by Crippen LogP contribution is 2.24. The number of likely N-dealkylation sites (N-methyl/N-ethyl adjacent to an activating group) is 1. The third kappa shape index (κ3) is 4.44. The molecule has 1 N–H and O–H groups in total. The maximum atomic E-state index is 12.0. The molecule has 1 rings (SSSR count). The van der Waals surface area contributed by atoms with Crippen LogP contribution >= 0.6 is 0 Å². The van der Waals surface area contributed by atoms with E-state index in [1.54, 1.807) is 0 Å². The molecule has 0 aliphatic rings. The quantitative estimate of drug-likeness (QED) is 0.798. The number of rotatable bonds is 6. The van der Waals surface area contributed by atoms with Gasteiger partial charge in [-0.25, -0.2) is 4.79 Å². The van der Waals surface area contributed by atoms with Crippen LogP contribution in [0.1, 0.15) is 24.2 Å². The molecule has 5 nitrogen and oxygen atoms in total. The van der Waals surface area contributed by atoms with Gasteiger partial charge in [0.2, 0.25) is 0 Å². The molecule has 1 aromatic carbocycles. The molecule has 0 bridgehead atoms. The van der Waals surface area contributed by atoms with E-state index in [0.717, 1.165) is 0 Å². The number of hydrogen-bond donors (Lipinski definition) is 1. The molecule has 0 amide bonds. The van der Waals surface area contributed by atoms with E-state index in [2.05, 4.69) is 0 Å². The number of ether oxygens (including phenoxy) is 2. The van der Waals surface area contributed by atoms with Gasteiger partial charge in [-0.05, 0) is 40.1 Å². The van der Waals surface area contributed by atoms with E-state index in [0.29, 0.717) is 24.5 Å². The molecule has 0 fully saturated rings. The lowest BCUT2D eigenvalue weighted by Gasteiger charge is -2.19. The van der Waals surface area contributed by atoms with E-state index in [4.69, 9.17) is 9.47 Å². The molecule has 5 heteroatoms. The predicted molar refractivity (Wildman–Crippen MR) is 72.7 cm³/mol. The van der Waals surface area contributed by atoms with Gasteiger partial charge < -0.3 is 19.5 Å². The van der Waals surface area contributed by atoms with Crippen LogP contribution < -0.4 is 4.74 Å². The van der Waals surface area contributed by atoms with Crippen molar-refractivity contribution in [3.63, 3.8) is 0 Å². The van der Waals surface area contributed by atoms with Crippen LogP contribution in [0.5, 0.6) is 11.5 Å². The Kier molecular flexibility index (Phi) is 5.63. The molecule has 0 aliphatic carbocycles. The zero-order valence-corrected chi connectivity index (χ0v) is 11.8. The van der Waals surface area contributed by atoms with Crippen molar-refractivity contribution in [2.75, 3.05) is 27.3 Å². The molecule has 0 heterocycles. The summed E-state index contributed by atoms with van der Waals surface area (Å²) in [6.45, 7) is 4.50. The Morgan fingerprint density at radius 3 is 2.68 bits per heavy atom. The minimum absolute atomic E-state index is 0.0571. The average Bonchev–Trinajstić information content (AvgIpc) is 2.36. The van der Waals surface area contributed by atoms with Crippen LogP contribution in [0.4, 0.5) is 0 Å². The Balaban J connectivity index is 2.76. The summed E-state index contributed by atoms with van der Waals surface area (Å²) in [5.74, 6) is -0.0520. The summed E-state index contributed by atoms with van der Waals surface area (Å²) in [4.78, 5) is 13.9. The maximum absolute atomic E-state index is 12.0. The van der Waals surface area contributed by atoms with Gasteiger partial charge in [-0.15, -0.1) is 0 Å². The largest absolute Gasteiger partial charge is 0.508 e. The molecule has 0 saturated heterocycles. The monoisotopic (exact) mass is 267 g/mol. The molecule has 1 aromatic rings. The van der Waals surface area contributed by atoms with Crippen molar-refractivity contribution in [3.8, 4) is 11.5 Å². The summed E-state index contributed by atoms with van der Waals surface area (Å²) in [6, 6.07) is 4.49. The summed E-state index contributed by atoms with van der Waals surface area (Å²) in [7, 11) is 3.84. The Hall–Kier alpha value is -1.75. The molecule has 0 radical (unpaired) electrons. The van der Waals surface area contributed by atoms with Crippen molar-refractivity contribution >= 4 is 5.97 Å². The number of phenols is 1. The highest BCUT2D eigenvalue weighted by Gasteiger charge is 2.16. The minimum Gasteiger partial charge on any atom is -0.508 e. The van der Waals surface area contributed by atoms with Crippen molar-refractivity contribution in [1.82, 2.24) is 4.90 Å². The van der Waals surface area contributed by atoms with Gasteiger partial charge in [-0.1, -0.05) is 0 Å². The Labute approximate surface area is 113 Å². The normalized spacial score (nSPS) is 12.3. The minimum atomic E-state index is -0.447. The predicted octanol–water partition coefficient (Wildman–Crippen LogP) is 1.90. The number of esters is 1. The number of aromatic hydroxyl groups is 1. The van der Waals surface area contributed by atoms with E-state index >= 15 is 0 Å². The first-order chi connectivity index (χ1) is 8.95. The van der Waals surface area contributed by atoms with Gasteiger partial charge in [0.1, 0.15) is 23.7 Å². The van der Waals surface area contributed by atoms with Crippen LogP contribution in [0.15, 0.2) is 18.2 Å². The average molecular weight is 267 g/mol. The topological polar surface area (TPSA) is 59.0 Å². The molecule has 0 aromatic heterocycles. The number of nitrogens with zero attached hydrogens (tertiary/aromatic N) is 1. The van der Waals surface area contributed by atoms with Gasteiger partial charge in [-0.3, -0.25) is 0 Å². The lowest BCUT2D eigenvalue weighted by atomic mass is 10.2. The van der Waals surface area contributed by atoms with Gasteiger partial charge >= 0.3 is 5.97 Å². The SMILES string of the molecule is CCOc1cc(O)ccc1C(=O)OC[C@H](C)N(C)C. The molecule has 0 unspecified atom stereocenters. The number of carbonyl (C=O) groups is 1. The zero-order chi connectivity index (χ0) is 14.4. The van der Waals surface area contributed by atoms with Crippen molar-refractivity contribution in [2.24, 2.45) is 0 Å². The fourth-order valence-corrected chi connectivity index (χ4v) is 1.38. The van der Waals surface area contributed by atoms with Crippen LogP contribution in [0.25, 0.3) is 0 Å². The number of benzene rings is 1. The van der Waals surface area contributed by atoms with Gasteiger partial charge in [-0.2, -0.15) is 0 Å². The van der Waals surface area contributed by atoms with Crippen molar-refractivity contribution in [3.05, 3.63) is 23.8 Å². The third-order valence-corrected chi connectivity index (χ3v) is 2.82. The fraction of sp³-hybridized carbons (Fsp3) is 0.500. The first kappa shape index (κ1) is 15.3. The number of phenolic OH excluding ortho intramolecular Hbond substituents is 1. The van der Waals surface area contributed by atoms with E-state index < -0.39 is 5.97 Å². The molecule has 0 aliphatic heterocycles. The zero-order valence-electron chi connectivity index (χ0n) is 11.8. The smallest absolute Gasteiger partial charge is 0.341 e. The lowest BCUT2D eigenvalue weighted by Crippen LogP contribution is -2.30. The van der Waals surface area contributed by atoms with Crippen molar-refractivity contribution in [1.29, 1.82) is 0 Å². The third-order valence-electron chi connectivity index (χ3n) is 2.82. The summed E-state index contributed by atoms with van der Waals surface area (Å²) < 4.78 is 10.6. The van der Waals surface area contributed by atoms with Crippen LogP contribution in [0.3, 0.4) is 0 Å². The van der Waals surface area contributed by atoms with Crippen LogP contribution in [0.2, 0.25) is 0 Å². The van der Waals surface area contributed by atoms with E-state index in [-0.39, 0.29) is 11.8 Å². The maximum Gasteiger partial charge on any atom is 0.341 e. The molecule has 19 heavy (non-hydrogen) atoms. The second-order valence-electron chi connectivity index (χ2n) is 4.52. The van der Waals surface area contributed by atoms with Crippen LogP contribution in [0, 0.1) is 0 Å². The molecule has 0 saturated carbocycles. The first-order valence-electron chi connectivity index (χ1n) is 6.25. The molecular weight excluding hydrogens is 246 g/mol. The van der Waals surface area contributed by atoms with E-state index in [1.807, 2.05) is 32.8 Å². The highest BCUT2D eigenvalue weighted by atomic mass is 16.5. The lowest BCUT2D eigenvalue weighted by molar-refractivity contribution is 0.0412. The fourth-order valence-electron chi connectivity index (χ4n) is 1.38. The van der Waals surface area contributed by atoms with Crippen molar-refractivity contribution < 1.29 is 19.4 Å². The Morgan fingerprint density at radius 2 is 2.11 bits per heavy atom. The van der Waals surface area contributed by atoms with E-state index in [9.17, 15) is 9.90 Å². The van der Waals surface area contributed by atoms with Gasteiger partial charge in [0.15, 0.2) is 0 Å². The molecular formula is C14H21NO4. The van der Waals surface area contributed by atoms with Crippen molar-refractivity contribution in [2.45, 2.75) is 19.9 Å². The van der Waals surface area contributed by atoms with Gasteiger partial charge in [0, 0.05) is 12.1 Å². The summed E-state index contributed by atoms with van der Waals surface area (Å²) >= 11 is 0. The van der Waals surface area contributed by atoms with Crippen LogP contribution in [-0.4, -0.2) is 49.3 Å². The first-order valence-corrected chi connectivity index (χ1v) is 6.25. The second-order valence-corrected chi connectivity index (χ2v) is 4.52. The Bertz CT molecular complexity index is 431. The summed E-state index contributed by atoms with van der Waals surface area (Å²) in [5, 5.41) is 9.40. The standard InChI is InChI=1S/C14H21NO4/c1-5-18-13-8-11(16)6-7-12(13)14(17)19-9-10(2)15(3)4/h6-8,10,16H,5,9H2,1-4H3/t10-/m0/s1. The highest BCUT2D eigenvalue weighted by molar-refractivity contribution is 5.92. The number of hydrogen-bond acceptors (Lipinski definition) is 5. The number of carbonyl (C=O) groups excluding carboxylic acids is 1. The molecule has 106 valence electrons. The van der Waals surface area contributed by atoms with E-state index in [1.165, 1.54) is 18.2 Å². The Morgan fingerprint density at radius 1 is 1.42 bits per heavy atom.